The summed E-state index contributed by atoms with van der Waals surface area (Å²) in [4.78, 5) is 12.8. The lowest BCUT2D eigenvalue weighted by molar-refractivity contribution is -0.115. The predicted molar refractivity (Wildman–Crippen MR) is 86.2 cm³/mol. The van der Waals surface area contributed by atoms with Crippen molar-refractivity contribution in [3.8, 4) is 0 Å². The Labute approximate surface area is 131 Å². The first kappa shape index (κ1) is 15.7. The van der Waals surface area contributed by atoms with E-state index in [-0.39, 0.29) is 17.0 Å². The van der Waals surface area contributed by atoms with Gasteiger partial charge in [-0.05, 0) is 43.3 Å². The number of thioether (sulfide) groups is 1. The van der Waals surface area contributed by atoms with E-state index in [1.54, 1.807) is 37.3 Å². The highest BCUT2D eigenvalue weighted by Crippen LogP contribution is 2.26. The summed E-state index contributed by atoms with van der Waals surface area (Å²) >= 11 is 7.11. The Morgan fingerprint density at radius 2 is 2.10 bits per heavy atom. The summed E-state index contributed by atoms with van der Waals surface area (Å²) in [6.45, 7) is 1.75. The maximum atomic E-state index is 13.1. The van der Waals surface area contributed by atoms with Gasteiger partial charge < -0.3 is 11.1 Å². The van der Waals surface area contributed by atoms with Gasteiger partial charge in [0, 0.05) is 10.6 Å². The Morgan fingerprint density at radius 3 is 2.76 bits per heavy atom. The fraction of sp³-hybridized carbons (Fsp3) is 0.133. The highest BCUT2D eigenvalue weighted by molar-refractivity contribution is 8.00. The monoisotopic (exact) mass is 324 g/mol. The summed E-state index contributed by atoms with van der Waals surface area (Å²) < 4.78 is 13.1. The van der Waals surface area contributed by atoms with Crippen LogP contribution in [0.2, 0.25) is 5.02 Å². The second-order valence-corrected chi connectivity index (χ2v) is 6.26. The van der Waals surface area contributed by atoms with Gasteiger partial charge in [0.2, 0.25) is 5.91 Å². The van der Waals surface area contributed by atoms with Crippen molar-refractivity contribution in [2.75, 3.05) is 11.1 Å². The molecule has 0 bridgehead atoms. The summed E-state index contributed by atoms with van der Waals surface area (Å²) in [7, 11) is 0. The van der Waals surface area contributed by atoms with Gasteiger partial charge >= 0.3 is 0 Å². The summed E-state index contributed by atoms with van der Waals surface area (Å²) in [6, 6.07) is 11.0. The van der Waals surface area contributed by atoms with Crippen molar-refractivity contribution in [2.45, 2.75) is 17.1 Å². The molecule has 2 rings (SSSR count). The molecule has 0 aliphatic rings. The van der Waals surface area contributed by atoms with Crippen LogP contribution in [0.3, 0.4) is 0 Å². The Bertz CT molecular complexity index is 666. The summed E-state index contributed by atoms with van der Waals surface area (Å²) in [6.07, 6.45) is 0. The van der Waals surface area contributed by atoms with E-state index >= 15 is 0 Å². The average molecular weight is 325 g/mol. The number of carbonyl (C=O) groups is 1. The molecule has 0 fully saturated rings. The fourth-order valence-corrected chi connectivity index (χ4v) is 2.69. The largest absolute Gasteiger partial charge is 0.397 e. The standard InChI is InChI=1S/C15H14ClFN2OS/c1-9(21-12-4-2-3-10(17)7-12)15(20)19-11-5-6-13(16)14(18)8-11/h2-9H,18H2,1H3,(H,19,20). The van der Waals surface area contributed by atoms with Crippen LogP contribution in [-0.4, -0.2) is 11.2 Å². The molecule has 0 spiro atoms. The maximum absolute atomic E-state index is 13.1. The lowest BCUT2D eigenvalue weighted by Gasteiger charge is -2.12. The number of anilines is 2. The molecule has 0 saturated carbocycles. The third kappa shape index (κ3) is 4.37. The van der Waals surface area contributed by atoms with E-state index in [0.717, 1.165) is 0 Å². The minimum Gasteiger partial charge on any atom is -0.397 e. The minimum absolute atomic E-state index is 0.189. The van der Waals surface area contributed by atoms with Crippen LogP contribution in [0.25, 0.3) is 0 Å². The summed E-state index contributed by atoms with van der Waals surface area (Å²) in [5.41, 5.74) is 6.66. The first-order chi connectivity index (χ1) is 9.95. The van der Waals surface area contributed by atoms with Gasteiger partial charge in [-0.25, -0.2) is 4.39 Å². The zero-order valence-electron chi connectivity index (χ0n) is 11.3. The minimum atomic E-state index is -0.372. The molecule has 0 aromatic heterocycles. The maximum Gasteiger partial charge on any atom is 0.237 e. The van der Waals surface area contributed by atoms with Gasteiger partial charge in [-0.1, -0.05) is 17.7 Å². The number of benzene rings is 2. The highest BCUT2D eigenvalue weighted by atomic mass is 35.5. The van der Waals surface area contributed by atoms with Crippen LogP contribution in [0.5, 0.6) is 0 Å². The molecule has 0 aliphatic carbocycles. The van der Waals surface area contributed by atoms with Crippen LogP contribution in [-0.2, 0) is 4.79 Å². The Hall–Kier alpha value is -1.72. The molecule has 1 unspecified atom stereocenters. The third-order valence-electron chi connectivity index (χ3n) is 2.74. The third-order valence-corrected chi connectivity index (χ3v) is 4.18. The normalized spacial score (nSPS) is 12.0. The van der Waals surface area contributed by atoms with Gasteiger partial charge in [-0.2, -0.15) is 0 Å². The van der Waals surface area contributed by atoms with E-state index in [1.165, 1.54) is 23.9 Å². The van der Waals surface area contributed by atoms with Crippen molar-refractivity contribution in [2.24, 2.45) is 0 Å². The lowest BCUT2D eigenvalue weighted by Crippen LogP contribution is -2.22. The second kappa shape index (κ2) is 6.83. The number of nitrogens with two attached hydrogens (primary N) is 1. The number of rotatable bonds is 4. The van der Waals surface area contributed by atoms with Crippen molar-refractivity contribution in [1.29, 1.82) is 0 Å². The Balaban J connectivity index is 2.00. The van der Waals surface area contributed by atoms with Crippen LogP contribution in [0.4, 0.5) is 15.8 Å². The quantitative estimate of drug-likeness (QED) is 0.655. The molecule has 1 amide bonds. The molecule has 6 heteroatoms. The molecule has 2 aromatic rings. The topological polar surface area (TPSA) is 55.1 Å². The predicted octanol–water partition coefficient (Wildman–Crippen LogP) is 4.18. The van der Waals surface area contributed by atoms with Crippen LogP contribution in [0, 0.1) is 5.82 Å². The number of nitrogen functional groups attached to an aromatic ring is 1. The molecule has 21 heavy (non-hydrogen) atoms. The number of amides is 1. The van der Waals surface area contributed by atoms with Gasteiger partial charge in [0.15, 0.2) is 0 Å². The van der Waals surface area contributed by atoms with E-state index in [0.29, 0.717) is 21.3 Å². The molecular formula is C15H14ClFN2OS. The van der Waals surface area contributed by atoms with E-state index < -0.39 is 0 Å². The van der Waals surface area contributed by atoms with Crippen molar-refractivity contribution >= 4 is 40.6 Å². The van der Waals surface area contributed by atoms with Gasteiger partial charge in [0.05, 0.1) is 16.0 Å². The van der Waals surface area contributed by atoms with Crippen molar-refractivity contribution in [3.05, 3.63) is 53.3 Å². The average Bonchev–Trinajstić information content (AvgIpc) is 2.43. The molecule has 1 atom stereocenters. The van der Waals surface area contributed by atoms with Crippen molar-refractivity contribution < 1.29 is 9.18 Å². The zero-order chi connectivity index (χ0) is 15.4. The fourth-order valence-electron chi connectivity index (χ4n) is 1.66. The van der Waals surface area contributed by atoms with Crippen LogP contribution >= 0.6 is 23.4 Å². The molecular weight excluding hydrogens is 311 g/mol. The number of hydrogen-bond donors (Lipinski definition) is 2. The number of halogens is 2. The van der Waals surface area contributed by atoms with E-state index in [4.69, 9.17) is 17.3 Å². The molecule has 3 N–H and O–H groups in total. The molecule has 0 aliphatic heterocycles. The van der Waals surface area contributed by atoms with Gasteiger partial charge in [0.1, 0.15) is 5.82 Å². The molecule has 0 heterocycles. The molecule has 110 valence electrons. The van der Waals surface area contributed by atoms with Gasteiger partial charge in [-0.3, -0.25) is 4.79 Å². The van der Waals surface area contributed by atoms with Crippen molar-refractivity contribution in [1.82, 2.24) is 0 Å². The molecule has 0 saturated heterocycles. The molecule has 3 nitrogen and oxygen atoms in total. The van der Waals surface area contributed by atoms with Crippen molar-refractivity contribution in [3.63, 3.8) is 0 Å². The first-order valence-corrected chi connectivity index (χ1v) is 7.49. The van der Waals surface area contributed by atoms with E-state index in [9.17, 15) is 9.18 Å². The molecule has 2 aromatic carbocycles. The number of hydrogen-bond acceptors (Lipinski definition) is 3. The van der Waals surface area contributed by atoms with Crippen LogP contribution < -0.4 is 11.1 Å². The SMILES string of the molecule is CC(Sc1cccc(F)c1)C(=O)Nc1ccc(Cl)c(N)c1. The van der Waals surface area contributed by atoms with Crippen LogP contribution in [0.1, 0.15) is 6.92 Å². The van der Waals surface area contributed by atoms with E-state index in [1.807, 2.05) is 0 Å². The zero-order valence-corrected chi connectivity index (χ0v) is 12.8. The summed E-state index contributed by atoms with van der Waals surface area (Å²) in [5.74, 6) is -0.510. The van der Waals surface area contributed by atoms with Gasteiger partial charge in [0.25, 0.3) is 0 Å². The molecule has 0 radical (unpaired) electrons. The smallest absolute Gasteiger partial charge is 0.237 e. The Morgan fingerprint density at radius 1 is 1.33 bits per heavy atom. The number of nitrogens with one attached hydrogen (secondary N) is 1. The highest BCUT2D eigenvalue weighted by Gasteiger charge is 2.15. The van der Waals surface area contributed by atoms with Gasteiger partial charge in [-0.15, -0.1) is 11.8 Å². The number of carbonyl (C=O) groups excluding carboxylic acids is 1. The Kier molecular flexibility index (Phi) is 5.09. The lowest BCUT2D eigenvalue weighted by atomic mass is 10.2. The van der Waals surface area contributed by atoms with E-state index in [2.05, 4.69) is 5.32 Å². The summed E-state index contributed by atoms with van der Waals surface area (Å²) in [5, 5.41) is 2.82. The van der Waals surface area contributed by atoms with Crippen LogP contribution in [0.15, 0.2) is 47.4 Å². The first-order valence-electron chi connectivity index (χ1n) is 6.24. The second-order valence-electron chi connectivity index (χ2n) is 4.44.